The molecule has 1 aliphatic heterocycles. The van der Waals surface area contributed by atoms with Gasteiger partial charge in [-0.05, 0) is 39.2 Å². The molecule has 0 bridgehead atoms. The van der Waals surface area contributed by atoms with Crippen LogP contribution in [0.3, 0.4) is 0 Å². The van der Waals surface area contributed by atoms with Crippen LogP contribution in [0.15, 0.2) is 0 Å². The molecule has 0 spiro atoms. The fourth-order valence-corrected chi connectivity index (χ4v) is 4.85. The summed E-state index contributed by atoms with van der Waals surface area (Å²) in [5.41, 5.74) is 0. The number of thiocarbonyl (C=S) groups is 1. The minimum absolute atomic E-state index is 0.0828. The highest BCUT2D eigenvalue weighted by Gasteiger charge is 2.52. The maximum atomic E-state index is 12.0. The van der Waals surface area contributed by atoms with Gasteiger partial charge in [-0.25, -0.2) is 0 Å². The molecule has 2 fully saturated rings. The van der Waals surface area contributed by atoms with Gasteiger partial charge in [0.2, 0.25) is 0 Å². The second-order valence-corrected chi connectivity index (χ2v) is 9.57. The number of nitrogens with zero attached hydrogens (tertiary/aromatic N) is 1. The normalized spacial score (nSPS) is 30.0. The van der Waals surface area contributed by atoms with Gasteiger partial charge in [-0.2, -0.15) is 0 Å². The molecular formula is C23H37N3O9S. The van der Waals surface area contributed by atoms with Gasteiger partial charge >= 0.3 is 23.9 Å². The molecule has 1 aliphatic carbocycles. The van der Waals surface area contributed by atoms with Gasteiger partial charge in [0, 0.05) is 39.8 Å². The Morgan fingerprint density at radius 3 is 1.94 bits per heavy atom. The zero-order chi connectivity index (χ0) is 27.0. The van der Waals surface area contributed by atoms with Gasteiger partial charge < -0.3 is 39.2 Å². The van der Waals surface area contributed by atoms with E-state index < -0.39 is 54.5 Å². The summed E-state index contributed by atoms with van der Waals surface area (Å²) in [7, 11) is 4.03. The van der Waals surface area contributed by atoms with E-state index in [0.29, 0.717) is 0 Å². The Morgan fingerprint density at radius 1 is 0.833 bits per heavy atom. The van der Waals surface area contributed by atoms with Gasteiger partial charge in [0.15, 0.2) is 29.7 Å². The quantitative estimate of drug-likeness (QED) is 0.254. The minimum Gasteiger partial charge on any atom is -0.463 e. The van der Waals surface area contributed by atoms with Gasteiger partial charge in [-0.3, -0.25) is 19.2 Å². The molecule has 36 heavy (non-hydrogen) atoms. The number of esters is 4. The predicted molar refractivity (Wildman–Crippen MR) is 131 cm³/mol. The SMILES string of the molecule is CC(=O)OC[C@H]1O[C@@H](NC(=S)N[C@@H]2CCCC[C@H]2N(C)C)[C@H](OC(C)=O)[C@@H](OC(C)=O)[C@H]1OC(C)=O. The van der Waals surface area contributed by atoms with E-state index in [1.54, 1.807) is 0 Å². The number of likely N-dealkylation sites (N-methyl/N-ethyl adjacent to an activating group) is 1. The molecule has 2 rings (SSSR count). The number of hydrogen-bond donors (Lipinski definition) is 2. The van der Waals surface area contributed by atoms with Crippen molar-refractivity contribution in [3.63, 3.8) is 0 Å². The first-order valence-corrected chi connectivity index (χ1v) is 12.3. The van der Waals surface area contributed by atoms with Crippen molar-refractivity contribution in [3.8, 4) is 0 Å². The summed E-state index contributed by atoms with van der Waals surface area (Å²) in [6, 6.07) is 0.355. The summed E-state index contributed by atoms with van der Waals surface area (Å²) >= 11 is 5.55. The van der Waals surface area contributed by atoms with Crippen molar-refractivity contribution < 1.29 is 42.9 Å². The summed E-state index contributed by atoms with van der Waals surface area (Å²) in [6.45, 7) is 4.44. The van der Waals surface area contributed by atoms with Crippen molar-refractivity contribution in [2.75, 3.05) is 20.7 Å². The van der Waals surface area contributed by atoms with Crippen molar-refractivity contribution in [2.45, 2.75) is 96.1 Å². The molecule has 1 saturated heterocycles. The van der Waals surface area contributed by atoms with Crippen LogP contribution in [0.4, 0.5) is 0 Å². The average Bonchev–Trinajstić information content (AvgIpc) is 2.75. The van der Waals surface area contributed by atoms with E-state index in [4.69, 9.17) is 35.9 Å². The first kappa shape index (κ1) is 29.7. The Morgan fingerprint density at radius 2 is 1.39 bits per heavy atom. The molecular weight excluding hydrogens is 494 g/mol. The zero-order valence-corrected chi connectivity index (χ0v) is 22.4. The Hall–Kier alpha value is -2.51. The zero-order valence-electron chi connectivity index (χ0n) is 21.6. The van der Waals surface area contributed by atoms with Gasteiger partial charge in [0.05, 0.1) is 0 Å². The minimum atomic E-state index is -1.26. The Balaban J connectivity index is 2.32. The van der Waals surface area contributed by atoms with Crippen LogP contribution in [0, 0.1) is 0 Å². The Bertz CT molecular complexity index is 825. The van der Waals surface area contributed by atoms with Crippen molar-refractivity contribution in [1.29, 1.82) is 0 Å². The number of carbonyl (C=O) groups excluding carboxylic acids is 4. The van der Waals surface area contributed by atoms with Crippen LogP contribution in [0.1, 0.15) is 53.4 Å². The molecule has 0 aromatic carbocycles. The van der Waals surface area contributed by atoms with Gasteiger partial charge in [0.25, 0.3) is 0 Å². The molecule has 1 heterocycles. The number of nitrogens with one attached hydrogen (secondary N) is 2. The highest BCUT2D eigenvalue weighted by atomic mass is 32.1. The smallest absolute Gasteiger partial charge is 0.303 e. The number of hydrogen-bond acceptors (Lipinski definition) is 11. The summed E-state index contributed by atoms with van der Waals surface area (Å²) in [5.74, 6) is -2.64. The molecule has 0 unspecified atom stereocenters. The molecule has 0 radical (unpaired) electrons. The second kappa shape index (κ2) is 13.7. The van der Waals surface area contributed by atoms with Gasteiger partial charge in [0.1, 0.15) is 12.7 Å². The third-order valence-electron chi connectivity index (χ3n) is 5.97. The van der Waals surface area contributed by atoms with Crippen LogP contribution in [0.25, 0.3) is 0 Å². The average molecular weight is 532 g/mol. The standard InChI is InChI=1S/C23H37N3O9S/c1-12(27)31-11-18-19(32-13(2)28)20(33-14(3)29)21(34-15(4)30)22(35-18)25-23(36)24-16-9-7-8-10-17(16)26(5)6/h16-22H,7-11H2,1-6H3,(H2,24,25,36)/t16-,17-,18-,19+,20+,21-,22-/m1/s1. The lowest BCUT2D eigenvalue weighted by Gasteiger charge is -2.45. The van der Waals surface area contributed by atoms with E-state index in [-0.39, 0.29) is 23.8 Å². The summed E-state index contributed by atoms with van der Waals surface area (Å²) in [5, 5.41) is 6.57. The lowest BCUT2D eigenvalue weighted by Crippen LogP contribution is -2.67. The monoisotopic (exact) mass is 531 g/mol. The third-order valence-corrected chi connectivity index (χ3v) is 6.21. The number of carbonyl (C=O) groups is 4. The van der Waals surface area contributed by atoms with Crippen LogP contribution in [0.5, 0.6) is 0 Å². The Kier molecular flexibility index (Phi) is 11.3. The highest BCUT2D eigenvalue weighted by molar-refractivity contribution is 7.80. The summed E-state index contributed by atoms with van der Waals surface area (Å²) in [4.78, 5) is 49.3. The lowest BCUT2D eigenvalue weighted by atomic mass is 9.89. The maximum Gasteiger partial charge on any atom is 0.303 e. The summed E-state index contributed by atoms with van der Waals surface area (Å²) in [6.07, 6.45) is -1.72. The van der Waals surface area contributed by atoms with Crippen LogP contribution in [-0.4, -0.2) is 97.3 Å². The lowest BCUT2D eigenvalue weighted by molar-refractivity contribution is -0.255. The van der Waals surface area contributed by atoms with Crippen molar-refractivity contribution in [2.24, 2.45) is 0 Å². The molecule has 1 saturated carbocycles. The van der Waals surface area contributed by atoms with Crippen LogP contribution in [0.2, 0.25) is 0 Å². The van der Waals surface area contributed by atoms with E-state index in [1.807, 2.05) is 14.1 Å². The molecule has 0 amide bonds. The van der Waals surface area contributed by atoms with E-state index in [9.17, 15) is 19.2 Å². The maximum absolute atomic E-state index is 12.0. The van der Waals surface area contributed by atoms with Crippen LogP contribution in [-0.2, 0) is 42.9 Å². The highest BCUT2D eigenvalue weighted by Crippen LogP contribution is 2.28. The molecule has 2 aliphatic rings. The first-order valence-electron chi connectivity index (χ1n) is 11.9. The van der Waals surface area contributed by atoms with Crippen LogP contribution < -0.4 is 10.6 Å². The molecule has 12 nitrogen and oxygen atoms in total. The molecule has 0 aromatic rings. The fraction of sp³-hybridized carbons (Fsp3) is 0.783. The predicted octanol–water partition coefficient (Wildman–Crippen LogP) is 0.406. The number of ether oxygens (including phenoxy) is 5. The number of rotatable bonds is 8. The van der Waals surface area contributed by atoms with Crippen molar-refractivity contribution >= 4 is 41.2 Å². The molecule has 0 aromatic heterocycles. The molecule has 204 valence electrons. The van der Waals surface area contributed by atoms with E-state index in [0.717, 1.165) is 25.7 Å². The van der Waals surface area contributed by atoms with E-state index >= 15 is 0 Å². The molecule has 2 N–H and O–H groups in total. The third kappa shape index (κ3) is 8.86. The van der Waals surface area contributed by atoms with Crippen molar-refractivity contribution in [1.82, 2.24) is 15.5 Å². The van der Waals surface area contributed by atoms with Gasteiger partial charge in [-0.15, -0.1) is 0 Å². The molecule has 13 heteroatoms. The molecule has 7 atom stereocenters. The van der Waals surface area contributed by atoms with Crippen LogP contribution >= 0.6 is 12.2 Å². The van der Waals surface area contributed by atoms with E-state index in [2.05, 4.69) is 15.5 Å². The van der Waals surface area contributed by atoms with E-state index in [1.165, 1.54) is 27.7 Å². The van der Waals surface area contributed by atoms with Gasteiger partial charge in [-0.1, -0.05) is 12.8 Å². The largest absolute Gasteiger partial charge is 0.463 e. The Labute approximate surface area is 216 Å². The topological polar surface area (TPSA) is 142 Å². The fourth-order valence-electron chi connectivity index (χ4n) is 4.58. The van der Waals surface area contributed by atoms with Crippen molar-refractivity contribution in [3.05, 3.63) is 0 Å². The second-order valence-electron chi connectivity index (χ2n) is 9.16. The summed E-state index contributed by atoms with van der Waals surface area (Å²) < 4.78 is 27.4. The first-order chi connectivity index (χ1) is 16.9.